The van der Waals surface area contributed by atoms with E-state index in [0.717, 1.165) is 37.7 Å². The van der Waals surface area contributed by atoms with Crippen molar-refractivity contribution in [3.05, 3.63) is 52.6 Å². The molecule has 0 saturated carbocycles. The molecule has 0 heterocycles. The highest BCUT2D eigenvalue weighted by Crippen LogP contribution is 2.31. The fourth-order valence-electron chi connectivity index (χ4n) is 4.70. The molecule has 0 aromatic heterocycles. The summed E-state index contributed by atoms with van der Waals surface area (Å²) in [5, 5.41) is 15.7. The number of aliphatic carboxylic acids is 1. The van der Waals surface area contributed by atoms with Crippen LogP contribution in [0, 0.1) is 11.6 Å². The minimum absolute atomic E-state index is 0.0204. The van der Waals surface area contributed by atoms with Gasteiger partial charge in [0.15, 0.2) is 11.6 Å². The molecule has 0 radical (unpaired) electrons. The lowest BCUT2D eigenvalue weighted by Crippen LogP contribution is -2.58. The van der Waals surface area contributed by atoms with E-state index < -0.39 is 35.8 Å². The normalized spacial score (nSPS) is 22.5. The SMILES string of the molecule is CCC(CC)O[C@@H]1C=C(C(=O)O)C[C@H](NCc2ccc(C3=CCCC3)c(F)c2F)[C@H]1NC(C)=O. The van der Waals surface area contributed by atoms with E-state index in [1.807, 2.05) is 19.9 Å². The second-order valence-electron chi connectivity index (χ2n) is 8.98. The van der Waals surface area contributed by atoms with E-state index in [1.165, 1.54) is 6.92 Å². The first-order chi connectivity index (χ1) is 16.2. The molecular formula is C26H34F2N2O4. The lowest BCUT2D eigenvalue weighted by atomic mass is 9.87. The summed E-state index contributed by atoms with van der Waals surface area (Å²) in [6.07, 6.45) is 6.84. The Morgan fingerprint density at radius 1 is 1.21 bits per heavy atom. The zero-order valence-corrected chi connectivity index (χ0v) is 20.0. The Morgan fingerprint density at radius 2 is 1.94 bits per heavy atom. The Hall–Kier alpha value is -2.58. The van der Waals surface area contributed by atoms with Crippen molar-refractivity contribution in [1.29, 1.82) is 0 Å². The molecule has 34 heavy (non-hydrogen) atoms. The van der Waals surface area contributed by atoms with Crippen molar-refractivity contribution in [3.63, 3.8) is 0 Å². The second-order valence-corrected chi connectivity index (χ2v) is 8.98. The predicted molar refractivity (Wildman–Crippen MR) is 126 cm³/mol. The van der Waals surface area contributed by atoms with Crippen LogP contribution in [0.3, 0.4) is 0 Å². The van der Waals surface area contributed by atoms with Crippen LogP contribution in [0.2, 0.25) is 0 Å². The lowest BCUT2D eigenvalue weighted by Gasteiger charge is -2.38. The van der Waals surface area contributed by atoms with Gasteiger partial charge in [-0.05, 0) is 50.2 Å². The minimum Gasteiger partial charge on any atom is -0.478 e. The van der Waals surface area contributed by atoms with Crippen LogP contribution in [-0.4, -0.2) is 41.3 Å². The van der Waals surface area contributed by atoms with Gasteiger partial charge in [0, 0.05) is 36.2 Å². The zero-order chi connectivity index (χ0) is 24.8. The van der Waals surface area contributed by atoms with Gasteiger partial charge in [-0.2, -0.15) is 0 Å². The summed E-state index contributed by atoms with van der Waals surface area (Å²) in [5.41, 5.74) is 1.42. The summed E-state index contributed by atoms with van der Waals surface area (Å²) in [5.74, 6) is -3.13. The molecule has 8 heteroatoms. The molecule has 0 bridgehead atoms. The van der Waals surface area contributed by atoms with Crippen molar-refractivity contribution >= 4 is 17.4 Å². The Morgan fingerprint density at radius 3 is 2.53 bits per heavy atom. The third-order valence-corrected chi connectivity index (χ3v) is 6.60. The molecule has 3 N–H and O–H groups in total. The van der Waals surface area contributed by atoms with Gasteiger partial charge in [0.1, 0.15) is 0 Å². The second kappa shape index (κ2) is 11.7. The predicted octanol–water partition coefficient (Wildman–Crippen LogP) is 4.48. The van der Waals surface area contributed by atoms with Gasteiger partial charge in [-0.25, -0.2) is 13.6 Å². The largest absolute Gasteiger partial charge is 0.478 e. The van der Waals surface area contributed by atoms with E-state index in [0.29, 0.717) is 5.56 Å². The minimum atomic E-state index is -1.07. The maximum Gasteiger partial charge on any atom is 0.331 e. The summed E-state index contributed by atoms with van der Waals surface area (Å²) in [6.45, 7) is 5.32. The molecule has 0 fully saturated rings. The number of nitrogens with one attached hydrogen (secondary N) is 2. The summed E-state index contributed by atoms with van der Waals surface area (Å²) >= 11 is 0. The highest BCUT2D eigenvalue weighted by molar-refractivity contribution is 5.87. The van der Waals surface area contributed by atoms with Crippen LogP contribution in [0.4, 0.5) is 8.78 Å². The summed E-state index contributed by atoms with van der Waals surface area (Å²) in [4.78, 5) is 23.7. The fourth-order valence-corrected chi connectivity index (χ4v) is 4.70. The molecule has 0 unspecified atom stereocenters. The number of carboxylic acids is 1. The molecule has 1 aromatic carbocycles. The van der Waals surface area contributed by atoms with E-state index in [9.17, 15) is 23.5 Å². The first kappa shape index (κ1) is 26.0. The molecule has 1 amide bonds. The average Bonchev–Trinajstić information content (AvgIpc) is 3.33. The van der Waals surface area contributed by atoms with Crippen LogP contribution in [-0.2, 0) is 20.9 Å². The van der Waals surface area contributed by atoms with E-state index >= 15 is 0 Å². The topological polar surface area (TPSA) is 87.7 Å². The Bertz CT molecular complexity index is 972. The van der Waals surface area contributed by atoms with E-state index in [4.69, 9.17) is 4.74 Å². The zero-order valence-electron chi connectivity index (χ0n) is 20.0. The Balaban J connectivity index is 1.83. The van der Waals surface area contributed by atoms with Crippen LogP contribution >= 0.6 is 0 Å². The monoisotopic (exact) mass is 476 g/mol. The number of benzene rings is 1. The van der Waals surface area contributed by atoms with Crippen LogP contribution in [0.15, 0.2) is 29.9 Å². The van der Waals surface area contributed by atoms with Crippen molar-refractivity contribution in [2.75, 3.05) is 0 Å². The van der Waals surface area contributed by atoms with Gasteiger partial charge >= 0.3 is 5.97 Å². The molecule has 2 aliphatic rings. The Kier molecular flexibility index (Phi) is 8.97. The van der Waals surface area contributed by atoms with Gasteiger partial charge in [-0.15, -0.1) is 0 Å². The molecule has 186 valence electrons. The van der Waals surface area contributed by atoms with Crippen molar-refractivity contribution < 1.29 is 28.2 Å². The number of halogens is 2. The van der Waals surface area contributed by atoms with E-state index in [-0.39, 0.29) is 36.1 Å². The van der Waals surface area contributed by atoms with Gasteiger partial charge < -0.3 is 20.5 Å². The van der Waals surface area contributed by atoms with Crippen LogP contribution in [0.1, 0.15) is 70.4 Å². The lowest BCUT2D eigenvalue weighted by molar-refractivity contribution is -0.133. The summed E-state index contributed by atoms with van der Waals surface area (Å²) in [6, 6.07) is 2.05. The third-order valence-electron chi connectivity index (χ3n) is 6.60. The van der Waals surface area contributed by atoms with Gasteiger partial charge in [-0.1, -0.05) is 32.1 Å². The van der Waals surface area contributed by atoms with Crippen molar-refractivity contribution in [2.24, 2.45) is 0 Å². The average molecular weight is 477 g/mol. The first-order valence-electron chi connectivity index (χ1n) is 12.0. The summed E-state index contributed by atoms with van der Waals surface area (Å²) in [7, 11) is 0. The molecule has 3 rings (SSSR count). The standard InChI is InChI=1S/C26H34F2N2O4/c1-4-19(5-2)34-22-13-18(26(32)33)12-21(25(22)30-15(3)31)29-14-17-10-11-20(24(28)23(17)27)16-8-6-7-9-16/h8,10-11,13,19,21-22,25,29H,4-7,9,12,14H2,1-3H3,(H,30,31)(H,32,33)/t21-,22+,25+/m0/s1. The quantitative estimate of drug-likeness (QED) is 0.463. The highest BCUT2D eigenvalue weighted by Gasteiger charge is 2.37. The smallest absolute Gasteiger partial charge is 0.331 e. The van der Waals surface area contributed by atoms with Gasteiger partial charge in [-0.3, -0.25) is 4.79 Å². The molecule has 0 spiro atoms. The van der Waals surface area contributed by atoms with Gasteiger partial charge in [0.25, 0.3) is 0 Å². The van der Waals surface area contributed by atoms with Crippen molar-refractivity contribution in [3.8, 4) is 0 Å². The molecule has 0 saturated heterocycles. The number of ether oxygens (including phenoxy) is 1. The number of amides is 1. The number of rotatable bonds is 10. The van der Waals surface area contributed by atoms with Gasteiger partial charge in [0.05, 0.1) is 18.2 Å². The van der Waals surface area contributed by atoms with E-state index in [2.05, 4.69) is 10.6 Å². The number of hydrogen-bond acceptors (Lipinski definition) is 4. The van der Waals surface area contributed by atoms with Crippen molar-refractivity contribution in [1.82, 2.24) is 10.6 Å². The number of carbonyl (C=O) groups is 2. The molecular weight excluding hydrogens is 442 g/mol. The summed E-state index contributed by atoms with van der Waals surface area (Å²) < 4.78 is 35.8. The fraction of sp³-hybridized carbons (Fsp3) is 0.538. The number of hydrogen-bond donors (Lipinski definition) is 3. The first-order valence-corrected chi connectivity index (χ1v) is 12.0. The molecule has 2 aliphatic carbocycles. The molecule has 0 aliphatic heterocycles. The molecule has 3 atom stereocenters. The highest BCUT2D eigenvalue weighted by atomic mass is 19.2. The van der Waals surface area contributed by atoms with Gasteiger partial charge in [0.2, 0.25) is 5.91 Å². The van der Waals surface area contributed by atoms with E-state index in [1.54, 1.807) is 18.2 Å². The number of carbonyl (C=O) groups excluding carboxylic acids is 1. The molecule has 6 nitrogen and oxygen atoms in total. The number of carboxylic acid groups (broad SMARTS) is 1. The van der Waals surface area contributed by atoms with Crippen LogP contribution in [0.5, 0.6) is 0 Å². The maximum absolute atomic E-state index is 14.9. The van der Waals surface area contributed by atoms with Crippen LogP contribution < -0.4 is 10.6 Å². The Labute approximate surface area is 199 Å². The van der Waals surface area contributed by atoms with Crippen molar-refractivity contribution in [2.45, 2.75) is 90.1 Å². The maximum atomic E-state index is 14.9. The van der Waals surface area contributed by atoms with Crippen LogP contribution in [0.25, 0.3) is 5.57 Å². The third kappa shape index (κ3) is 6.10. The molecule has 1 aromatic rings. The number of allylic oxidation sites excluding steroid dienone is 2.